The van der Waals surface area contributed by atoms with Gasteiger partial charge in [-0.2, -0.15) is 0 Å². The van der Waals surface area contributed by atoms with Gasteiger partial charge in [0.15, 0.2) is 6.61 Å². The second-order valence-electron chi connectivity index (χ2n) is 7.55. The lowest BCUT2D eigenvalue weighted by Crippen LogP contribution is -2.40. The predicted molar refractivity (Wildman–Crippen MR) is 119 cm³/mol. The molecule has 1 amide bonds. The van der Waals surface area contributed by atoms with Crippen LogP contribution in [-0.2, 0) is 9.53 Å². The van der Waals surface area contributed by atoms with Crippen molar-refractivity contribution in [1.29, 1.82) is 0 Å². The van der Waals surface area contributed by atoms with Gasteiger partial charge in [0.25, 0.3) is 5.91 Å². The molecule has 0 saturated heterocycles. The van der Waals surface area contributed by atoms with Crippen LogP contribution in [0.1, 0.15) is 44.6 Å². The minimum Gasteiger partial charge on any atom is -0.456 e. The Balaban J connectivity index is 1.61. The Morgan fingerprint density at radius 2 is 1.68 bits per heavy atom. The first-order valence-electron chi connectivity index (χ1n) is 10.1. The summed E-state index contributed by atoms with van der Waals surface area (Å²) in [6.45, 7) is 6.81. The van der Waals surface area contributed by atoms with Crippen molar-refractivity contribution in [3.05, 3.63) is 88.7 Å². The van der Waals surface area contributed by atoms with Gasteiger partial charge in [-0.3, -0.25) is 9.59 Å². The Labute approximate surface area is 181 Å². The molecule has 31 heavy (non-hydrogen) atoms. The van der Waals surface area contributed by atoms with E-state index in [9.17, 15) is 14.4 Å². The van der Waals surface area contributed by atoms with Crippen LogP contribution in [0.25, 0.3) is 5.69 Å². The maximum atomic E-state index is 12.7. The smallest absolute Gasteiger partial charge is 0.328 e. The van der Waals surface area contributed by atoms with Gasteiger partial charge in [-0.1, -0.05) is 35.9 Å². The van der Waals surface area contributed by atoms with Crippen molar-refractivity contribution in [3.8, 4) is 5.69 Å². The van der Waals surface area contributed by atoms with Gasteiger partial charge < -0.3 is 14.6 Å². The molecule has 0 fully saturated rings. The zero-order valence-electron chi connectivity index (χ0n) is 18.1. The van der Waals surface area contributed by atoms with E-state index in [0.717, 1.165) is 22.6 Å². The third kappa shape index (κ3) is 5.09. The highest BCUT2D eigenvalue weighted by Crippen LogP contribution is 2.21. The largest absolute Gasteiger partial charge is 0.456 e. The van der Waals surface area contributed by atoms with Gasteiger partial charge in [-0.05, 0) is 58.0 Å². The third-order valence-corrected chi connectivity index (χ3v) is 5.07. The van der Waals surface area contributed by atoms with E-state index >= 15 is 0 Å². The van der Waals surface area contributed by atoms with Crippen LogP contribution in [0.4, 0.5) is 0 Å². The van der Waals surface area contributed by atoms with Gasteiger partial charge in [-0.25, -0.2) is 4.79 Å². The summed E-state index contributed by atoms with van der Waals surface area (Å²) in [6.07, 6.45) is 0. The number of hydrogen-bond acceptors (Lipinski definition) is 4. The number of ketones is 1. The van der Waals surface area contributed by atoms with E-state index in [0.29, 0.717) is 11.1 Å². The zero-order chi connectivity index (χ0) is 22.5. The summed E-state index contributed by atoms with van der Waals surface area (Å²) in [4.78, 5) is 37.3. The Kier molecular flexibility index (Phi) is 6.70. The summed E-state index contributed by atoms with van der Waals surface area (Å²) >= 11 is 0. The van der Waals surface area contributed by atoms with E-state index in [-0.39, 0.29) is 18.3 Å². The van der Waals surface area contributed by atoms with Crippen LogP contribution in [-0.4, -0.2) is 34.9 Å². The molecule has 0 radical (unpaired) electrons. The van der Waals surface area contributed by atoms with Crippen molar-refractivity contribution in [1.82, 2.24) is 9.88 Å². The maximum absolute atomic E-state index is 12.7. The predicted octanol–water partition coefficient (Wildman–Crippen LogP) is 3.95. The summed E-state index contributed by atoms with van der Waals surface area (Å²) in [5, 5.41) is 2.60. The molecule has 1 heterocycles. The third-order valence-electron chi connectivity index (χ3n) is 5.07. The number of ether oxygens (including phenoxy) is 1. The topological polar surface area (TPSA) is 77.4 Å². The molecule has 0 spiro atoms. The molecule has 3 rings (SSSR count). The van der Waals surface area contributed by atoms with Crippen LogP contribution in [0.5, 0.6) is 0 Å². The quantitative estimate of drug-likeness (QED) is 0.466. The number of amides is 1. The number of carbonyl (C=O) groups is 3. The molecule has 1 atom stereocenters. The fourth-order valence-electron chi connectivity index (χ4n) is 3.48. The molecule has 1 N–H and O–H groups in total. The van der Waals surface area contributed by atoms with Crippen LogP contribution in [0.2, 0.25) is 0 Å². The first-order valence-corrected chi connectivity index (χ1v) is 10.1. The highest BCUT2D eigenvalue weighted by atomic mass is 16.5. The number of nitrogens with one attached hydrogen (secondary N) is 1. The summed E-state index contributed by atoms with van der Waals surface area (Å²) in [6, 6.07) is 17.7. The molecule has 0 aliphatic carbocycles. The molecule has 2 aromatic carbocycles. The molecule has 3 aromatic rings. The standard InChI is InChI=1S/C25H26N2O4/c1-16-9-8-10-20(13-16)24(29)26-18(3)25(30)31-15-23(28)22-14-17(2)27(19(22)4)21-11-6-5-7-12-21/h5-14,18H,15H2,1-4H3,(H,26,29)/t18-/m1/s1. The normalized spacial score (nSPS) is 11.6. The van der Waals surface area contributed by atoms with Crippen LogP contribution in [0.15, 0.2) is 60.7 Å². The van der Waals surface area contributed by atoms with Crippen molar-refractivity contribution in [3.63, 3.8) is 0 Å². The number of benzene rings is 2. The number of Topliss-reactive ketones (excluding diaryl/α,β-unsaturated/α-hetero) is 1. The van der Waals surface area contributed by atoms with Crippen molar-refractivity contribution in [2.75, 3.05) is 6.61 Å². The first kappa shape index (κ1) is 22.0. The molecule has 0 aliphatic rings. The molecule has 0 aliphatic heterocycles. The van der Waals surface area contributed by atoms with E-state index < -0.39 is 12.0 Å². The van der Waals surface area contributed by atoms with E-state index in [1.165, 1.54) is 6.92 Å². The number of nitrogens with zero attached hydrogens (tertiary/aromatic N) is 1. The lowest BCUT2D eigenvalue weighted by Gasteiger charge is -2.13. The average Bonchev–Trinajstić information content (AvgIpc) is 3.06. The van der Waals surface area contributed by atoms with Crippen molar-refractivity contribution in [2.24, 2.45) is 0 Å². The van der Waals surface area contributed by atoms with Gasteiger partial charge in [-0.15, -0.1) is 0 Å². The molecule has 6 heteroatoms. The Bertz CT molecular complexity index is 1120. The second kappa shape index (κ2) is 9.43. The molecule has 160 valence electrons. The molecular formula is C25H26N2O4. The average molecular weight is 418 g/mol. The van der Waals surface area contributed by atoms with E-state index in [1.54, 1.807) is 24.3 Å². The van der Waals surface area contributed by atoms with Gasteiger partial charge in [0.1, 0.15) is 6.04 Å². The van der Waals surface area contributed by atoms with Crippen LogP contribution < -0.4 is 5.32 Å². The highest BCUT2D eigenvalue weighted by molar-refractivity contribution is 6.00. The van der Waals surface area contributed by atoms with Crippen LogP contribution in [0.3, 0.4) is 0 Å². The fraction of sp³-hybridized carbons (Fsp3) is 0.240. The van der Waals surface area contributed by atoms with E-state index in [2.05, 4.69) is 5.32 Å². The zero-order valence-corrected chi connectivity index (χ0v) is 18.1. The minimum absolute atomic E-state index is 0.291. The van der Waals surface area contributed by atoms with Crippen LogP contribution in [0, 0.1) is 20.8 Å². The lowest BCUT2D eigenvalue weighted by molar-refractivity contribution is -0.144. The Morgan fingerprint density at radius 3 is 2.35 bits per heavy atom. The summed E-state index contributed by atoms with van der Waals surface area (Å²) < 4.78 is 7.16. The Morgan fingerprint density at radius 1 is 0.968 bits per heavy atom. The molecule has 0 unspecified atom stereocenters. The first-order chi connectivity index (χ1) is 14.8. The summed E-state index contributed by atoms with van der Waals surface area (Å²) in [5.74, 6) is -1.32. The number of aryl methyl sites for hydroxylation is 2. The summed E-state index contributed by atoms with van der Waals surface area (Å²) in [5.41, 5.74) is 4.57. The summed E-state index contributed by atoms with van der Waals surface area (Å²) in [7, 11) is 0. The molecule has 0 saturated carbocycles. The minimum atomic E-state index is -0.877. The second-order valence-corrected chi connectivity index (χ2v) is 7.55. The monoisotopic (exact) mass is 418 g/mol. The van der Waals surface area contributed by atoms with Gasteiger partial charge in [0, 0.05) is 28.2 Å². The van der Waals surface area contributed by atoms with Gasteiger partial charge >= 0.3 is 5.97 Å². The number of aromatic nitrogens is 1. The number of hydrogen-bond donors (Lipinski definition) is 1. The molecule has 0 bridgehead atoms. The molecule has 6 nitrogen and oxygen atoms in total. The number of carbonyl (C=O) groups excluding carboxylic acids is 3. The fourth-order valence-corrected chi connectivity index (χ4v) is 3.48. The van der Waals surface area contributed by atoms with Crippen molar-refractivity contribution < 1.29 is 19.1 Å². The van der Waals surface area contributed by atoms with Crippen molar-refractivity contribution >= 4 is 17.7 Å². The van der Waals surface area contributed by atoms with E-state index in [4.69, 9.17) is 4.74 Å². The SMILES string of the molecule is Cc1cccc(C(=O)N[C@H](C)C(=O)OCC(=O)c2cc(C)n(-c3ccccc3)c2C)c1. The number of esters is 1. The number of rotatable bonds is 7. The number of para-hydroxylation sites is 1. The van der Waals surface area contributed by atoms with Gasteiger partial charge in [0.05, 0.1) is 0 Å². The Hall–Kier alpha value is -3.67. The van der Waals surface area contributed by atoms with E-state index in [1.807, 2.05) is 61.7 Å². The van der Waals surface area contributed by atoms with Crippen LogP contribution >= 0.6 is 0 Å². The van der Waals surface area contributed by atoms with Gasteiger partial charge in [0.2, 0.25) is 5.78 Å². The molecule has 1 aromatic heterocycles. The maximum Gasteiger partial charge on any atom is 0.328 e. The highest BCUT2D eigenvalue weighted by Gasteiger charge is 2.21. The lowest BCUT2D eigenvalue weighted by atomic mass is 10.1. The molecular weight excluding hydrogens is 392 g/mol. The van der Waals surface area contributed by atoms with Crippen molar-refractivity contribution in [2.45, 2.75) is 33.7 Å².